The Morgan fingerprint density at radius 1 is 0.810 bits per heavy atom. The summed E-state index contributed by atoms with van der Waals surface area (Å²) >= 11 is 0. The lowest BCUT2D eigenvalue weighted by atomic mass is 10.2. The van der Waals surface area contributed by atoms with E-state index in [1.807, 2.05) is 66.7 Å². The number of hydrogen-bond donors (Lipinski definition) is 1. The van der Waals surface area contributed by atoms with Crippen LogP contribution in [0.25, 0.3) is 23.5 Å². The van der Waals surface area contributed by atoms with Gasteiger partial charge in [-0.05, 0) is 11.6 Å². The molecule has 0 fully saturated rings. The van der Waals surface area contributed by atoms with Gasteiger partial charge in [-0.25, -0.2) is 0 Å². The van der Waals surface area contributed by atoms with Gasteiger partial charge in [0, 0.05) is 5.56 Å². The second kappa shape index (κ2) is 5.96. The topological polar surface area (TPSA) is 58.6 Å². The minimum atomic E-state index is -0.254. The highest BCUT2D eigenvalue weighted by Crippen LogP contribution is 2.11. The van der Waals surface area contributed by atoms with Crippen LogP contribution in [0.15, 0.2) is 65.5 Å². The van der Waals surface area contributed by atoms with Crippen molar-refractivity contribution in [2.75, 3.05) is 0 Å². The molecule has 2 aromatic carbocycles. The first kappa shape index (κ1) is 13.0. The molecule has 0 spiro atoms. The van der Waals surface area contributed by atoms with Gasteiger partial charge in [-0.1, -0.05) is 66.7 Å². The molecule has 0 aliphatic heterocycles. The van der Waals surface area contributed by atoms with Crippen LogP contribution >= 0.6 is 0 Å². The van der Waals surface area contributed by atoms with Crippen molar-refractivity contribution in [3.63, 3.8) is 0 Å². The first-order chi connectivity index (χ1) is 10.3. The summed E-state index contributed by atoms with van der Waals surface area (Å²) < 4.78 is 0. The molecule has 0 saturated carbocycles. The number of aromatic nitrogens is 3. The number of nitrogens with zero attached hydrogens (tertiary/aromatic N) is 2. The Kier molecular flexibility index (Phi) is 3.69. The van der Waals surface area contributed by atoms with E-state index in [4.69, 9.17) is 0 Å². The SMILES string of the molecule is O=c1[nH]c(-c2ccccc2)nnc1/C=C/c1ccccc1. The summed E-state index contributed by atoms with van der Waals surface area (Å²) in [5, 5.41) is 8.05. The van der Waals surface area contributed by atoms with Crippen molar-refractivity contribution in [2.45, 2.75) is 0 Å². The first-order valence-corrected chi connectivity index (χ1v) is 6.58. The van der Waals surface area contributed by atoms with E-state index in [1.165, 1.54) is 0 Å². The minimum absolute atomic E-state index is 0.254. The predicted molar refractivity (Wildman–Crippen MR) is 83.5 cm³/mol. The van der Waals surface area contributed by atoms with Gasteiger partial charge in [0.2, 0.25) is 0 Å². The van der Waals surface area contributed by atoms with Gasteiger partial charge >= 0.3 is 0 Å². The van der Waals surface area contributed by atoms with Crippen molar-refractivity contribution < 1.29 is 0 Å². The van der Waals surface area contributed by atoms with Gasteiger partial charge in [0.15, 0.2) is 11.5 Å². The molecule has 1 heterocycles. The third-order valence-corrected chi connectivity index (χ3v) is 3.00. The molecule has 4 nitrogen and oxygen atoms in total. The van der Waals surface area contributed by atoms with Crippen LogP contribution in [-0.4, -0.2) is 15.2 Å². The maximum Gasteiger partial charge on any atom is 0.277 e. The Morgan fingerprint density at radius 3 is 2.14 bits per heavy atom. The van der Waals surface area contributed by atoms with Crippen LogP contribution in [0.4, 0.5) is 0 Å². The fourth-order valence-corrected chi connectivity index (χ4v) is 1.92. The smallest absolute Gasteiger partial charge is 0.277 e. The number of benzene rings is 2. The molecule has 21 heavy (non-hydrogen) atoms. The third kappa shape index (κ3) is 3.12. The van der Waals surface area contributed by atoms with Crippen LogP contribution in [-0.2, 0) is 0 Å². The molecule has 0 aliphatic carbocycles. The van der Waals surface area contributed by atoms with Gasteiger partial charge in [-0.2, -0.15) is 0 Å². The van der Waals surface area contributed by atoms with E-state index in [1.54, 1.807) is 6.08 Å². The van der Waals surface area contributed by atoms with Crippen LogP contribution in [0, 0.1) is 0 Å². The van der Waals surface area contributed by atoms with Crippen molar-refractivity contribution in [2.24, 2.45) is 0 Å². The van der Waals surface area contributed by atoms with E-state index in [2.05, 4.69) is 15.2 Å². The summed E-state index contributed by atoms with van der Waals surface area (Å²) in [4.78, 5) is 14.8. The molecule has 4 heteroatoms. The lowest BCUT2D eigenvalue weighted by molar-refractivity contribution is 0.942. The highest BCUT2D eigenvalue weighted by Gasteiger charge is 2.03. The van der Waals surface area contributed by atoms with Crippen LogP contribution in [0.1, 0.15) is 11.3 Å². The highest BCUT2D eigenvalue weighted by atomic mass is 16.1. The molecule has 0 saturated heterocycles. The summed E-state index contributed by atoms with van der Waals surface area (Å²) in [5.41, 5.74) is 1.88. The summed E-state index contributed by atoms with van der Waals surface area (Å²) in [5.74, 6) is 0.470. The lowest BCUT2D eigenvalue weighted by Gasteiger charge is -1.99. The van der Waals surface area contributed by atoms with Crippen LogP contribution < -0.4 is 5.56 Å². The molecular formula is C17H13N3O. The predicted octanol–water partition coefficient (Wildman–Crippen LogP) is 3.00. The average molecular weight is 275 g/mol. The zero-order valence-electron chi connectivity index (χ0n) is 11.2. The lowest BCUT2D eigenvalue weighted by Crippen LogP contribution is -2.14. The van der Waals surface area contributed by atoms with Gasteiger partial charge < -0.3 is 4.98 Å². The molecule has 0 bridgehead atoms. The molecule has 0 aliphatic rings. The zero-order chi connectivity index (χ0) is 14.5. The number of H-pyrrole nitrogens is 1. The average Bonchev–Trinajstić information content (AvgIpc) is 2.55. The van der Waals surface area contributed by atoms with Crippen molar-refractivity contribution in [3.8, 4) is 11.4 Å². The van der Waals surface area contributed by atoms with Crippen molar-refractivity contribution in [1.29, 1.82) is 0 Å². The fraction of sp³-hybridized carbons (Fsp3) is 0. The molecule has 0 unspecified atom stereocenters. The summed E-state index contributed by atoms with van der Waals surface area (Å²) in [6.07, 6.45) is 3.50. The Balaban J connectivity index is 1.89. The summed E-state index contributed by atoms with van der Waals surface area (Å²) in [6.45, 7) is 0. The van der Waals surface area contributed by atoms with E-state index in [0.29, 0.717) is 11.5 Å². The maximum absolute atomic E-state index is 12.0. The molecule has 0 amide bonds. The molecule has 1 N–H and O–H groups in total. The number of nitrogens with one attached hydrogen (secondary N) is 1. The Bertz CT molecular complexity index is 808. The van der Waals surface area contributed by atoms with E-state index < -0.39 is 0 Å². The zero-order valence-corrected chi connectivity index (χ0v) is 11.2. The summed E-state index contributed by atoms with van der Waals surface area (Å²) in [7, 11) is 0. The second-order valence-corrected chi connectivity index (χ2v) is 4.50. The van der Waals surface area contributed by atoms with Gasteiger partial charge in [0.25, 0.3) is 5.56 Å². The number of rotatable bonds is 3. The van der Waals surface area contributed by atoms with Crippen molar-refractivity contribution in [1.82, 2.24) is 15.2 Å². The molecule has 3 rings (SSSR count). The molecule has 102 valence electrons. The van der Waals surface area contributed by atoms with Crippen LogP contribution in [0.3, 0.4) is 0 Å². The van der Waals surface area contributed by atoms with Crippen molar-refractivity contribution in [3.05, 3.63) is 82.3 Å². The Labute approximate surface area is 121 Å². The first-order valence-electron chi connectivity index (χ1n) is 6.58. The molecule has 1 aromatic heterocycles. The highest BCUT2D eigenvalue weighted by molar-refractivity contribution is 5.67. The van der Waals surface area contributed by atoms with Crippen LogP contribution in [0.2, 0.25) is 0 Å². The van der Waals surface area contributed by atoms with E-state index in [-0.39, 0.29) is 5.56 Å². The number of hydrogen-bond acceptors (Lipinski definition) is 3. The normalized spacial score (nSPS) is 10.9. The largest absolute Gasteiger partial charge is 0.303 e. The Hall–Kier alpha value is -3.01. The standard InChI is InChI=1S/C17H13N3O/c21-17-15(12-11-13-7-3-1-4-8-13)19-20-16(18-17)14-9-5-2-6-10-14/h1-12H,(H,18,20,21)/b12-11+. The van der Waals surface area contributed by atoms with Crippen LogP contribution in [0.5, 0.6) is 0 Å². The van der Waals surface area contributed by atoms with Gasteiger partial charge in [-0.3, -0.25) is 4.79 Å². The molecular weight excluding hydrogens is 262 g/mol. The monoisotopic (exact) mass is 275 g/mol. The molecule has 0 atom stereocenters. The van der Waals surface area contributed by atoms with Crippen molar-refractivity contribution >= 4 is 12.2 Å². The third-order valence-electron chi connectivity index (χ3n) is 3.00. The van der Waals surface area contributed by atoms with Gasteiger partial charge in [0.1, 0.15) is 0 Å². The van der Waals surface area contributed by atoms with Gasteiger partial charge in [-0.15, -0.1) is 10.2 Å². The maximum atomic E-state index is 12.0. The fourth-order valence-electron chi connectivity index (χ4n) is 1.92. The van der Waals surface area contributed by atoms with Gasteiger partial charge in [0.05, 0.1) is 0 Å². The molecule has 3 aromatic rings. The van der Waals surface area contributed by atoms with E-state index in [9.17, 15) is 4.79 Å². The second-order valence-electron chi connectivity index (χ2n) is 4.50. The van der Waals surface area contributed by atoms with E-state index >= 15 is 0 Å². The Morgan fingerprint density at radius 2 is 1.48 bits per heavy atom. The number of aromatic amines is 1. The van der Waals surface area contributed by atoms with E-state index in [0.717, 1.165) is 11.1 Å². The molecule has 0 radical (unpaired) electrons. The minimum Gasteiger partial charge on any atom is -0.303 e. The quantitative estimate of drug-likeness (QED) is 0.799. The summed E-state index contributed by atoms with van der Waals surface area (Å²) in [6, 6.07) is 19.2.